The number of rotatable bonds is 5. The molecule has 2 fully saturated rings. The average Bonchev–Trinajstić information content (AvgIpc) is 3.50. The lowest BCUT2D eigenvalue weighted by molar-refractivity contribution is -0.173. The van der Waals surface area contributed by atoms with Gasteiger partial charge in [0.25, 0.3) is 0 Å². The summed E-state index contributed by atoms with van der Waals surface area (Å²) >= 11 is 12.3. The van der Waals surface area contributed by atoms with E-state index in [1.54, 1.807) is 0 Å². The predicted octanol–water partition coefficient (Wildman–Crippen LogP) is 5.08. The Balaban J connectivity index is 1.35. The van der Waals surface area contributed by atoms with E-state index in [1.807, 2.05) is 36.7 Å². The number of aryl methyl sites for hydroxylation is 1. The molecule has 37 heavy (non-hydrogen) atoms. The molecule has 1 aliphatic carbocycles. The summed E-state index contributed by atoms with van der Waals surface area (Å²) in [6.07, 6.45) is 4.30. The number of nitrogen functional groups attached to an aromatic ring is 1. The number of pyridine rings is 1. The predicted molar refractivity (Wildman–Crippen MR) is 139 cm³/mol. The summed E-state index contributed by atoms with van der Waals surface area (Å²) in [5.41, 5.74) is 7.10. The van der Waals surface area contributed by atoms with Crippen LogP contribution in [0.25, 0.3) is 21.9 Å². The molecule has 1 aliphatic heterocycles. The molecule has 4 atom stereocenters. The number of aromatic nitrogens is 4. The van der Waals surface area contributed by atoms with Crippen LogP contribution in [0.1, 0.15) is 38.3 Å². The van der Waals surface area contributed by atoms with E-state index >= 15 is 0 Å². The highest BCUT2D eigenvalue weighted by molar-refractivity contribution is 6.34. The second-order valence-electron chi connectivity index (χ2n) is 10.4. The Bertz CT molecular complexity index is 1530. The van der Waals surface area contributed by atoms with Gasteiger partial charge in [-0.15, -0.1) is 0 Å². The van der Waals surface area contributed by atoms with Crippen LogP contribution in [0.5, 0.6) is 0 Å². The smallest absolute Gasteiger partial charge is 0.163 e. The summed E-state index contributed by atoms with van der Waals surface area (Å²) in [4.78, 5) is 12.8. The molecular formula is C26H26Cl2FN5O3. The quantitative estimate of drug-likeness (QED) is 0.336. The van der Waals surface area contributed by atoms with Crippen molar-refractivity contribution < 1.29 is 19.0 Å². The van der Waals surface area contributed by atoms with Gasteiger partial charge in [-0.3, -0.25) is 0 Å². The highest BCUT2D eigenvalue weighted by atomic mass is 35.5. The van der Waals surface area contributed by atoms with Gasteiger partial charge in [0.15, 0.2) is 5.79 Å². The number of fused-ring (bicyclic) bond motifs is 3. The number of benzene rings is 1. The number of nitrogens with zero attached hydrogens (tertiary/aromatic N) is 4. The number of aliphatic hydroxyl groups is 1. The van der Waals surface area contributed by atoms with Crippen LogP contribution >= 0.6 is 23.2 Å². The standard InChI is InChI=1S/C26H26Cl2FN5O3/c1-25(2)36-20-19(34-6-4-14-22(28)31-12-32-24(14)34)10-26(11-35,21(20)37-25)5-3-13-7-17(29)15-9-16(27)23(30)33-18(15)8-13/h4,6-9,12,19-21,35H,3,5,10-11H2,1-2H3,(H2,30,33)/t19-,20+,21+,26+/m1/s1. The average molecular weight is 546 g/mol. The van der Waals surface area contributed by atoms with Crippen LogP contribution in [0.4, 0.5) is 10.2 Å². The van der Waals surface area contributed by atoms with Gasteiger partial charge < -0.3 is 24.9 Å². The zero-order valence-electron chi connectivity index (χ0n) is 20.3. The SMILES string of the molecule is CC1(C)O[C@H]2[C@H](n3ccc4c(Cl)ncnc43)C[C@](CO)(CCc3cc(F)c4cc(Cl)c(N)nc4c3)[C@H]2O1. The monoisotopic (exact) mass is 545 g/mol. The van der Waals surface area contributed by atoms with Crippen LogP contribution in [0.2, 0.25) is 10.2 Å². The zero-order chi connectivity index (χ0) is 26.1. The molecule has 0 radical (unpaired) electrons. The van der Waals surface area contributed by atoms with E-state index in [0.717, 1.165) is 10.9 Å². The topological polar surface area (TPSA) is 108 Å². The molecule has 194 valence electrons. The van der Waals surface area contributed by atoms with Gasteiger partial charge in [-0.1, -0.05) is 23.2 Å². The van der Waals surface area contributed by atoms with Crippen molar-refractivity contribution in [2.24, 2.45) is 5.41 Å². The Morgan fingerprint density at radius 1 is 1.19 bits per heavy atom. The molecule has 8 nitrogen and oxygen atoms in total. The van der Waals surface area contributed by atoms with E-state index in [9.17, 15) is 9.50 Å². The van der Waals surface area contributed by atoms with E-state index in [-0.39, 0.29) is 35.7 Å². The number of halogens is 3. The molecule has 0 amide bonds. The Kier molecular flexibility index (Phi) is 5.85. The maximum absolute atomic E-state index is 14.9. The van der Waals surface area contributed by atoms with Crippen molar-refractivity contribution in [2.45, 2.75) is 57.1 Å². The number of aliphatic hydroxyl groups excluding tert-OH is 1. The number of nitrogens with two attached hydrogens (primary N) is 1. The first-order chi connectivity index (χ1) is 17.6. The number of ether oxygens (including phenoxy) is 2. The molecule has 1 aromatic carbocycles. The van der Waals surface area contributed by atoms with E-state index in [4.69, 9.17) is 38.4 Å². The highest BCUT2D eigenvalue weighted by Gasteiger charge is 2.61. The van der Waals surface area contributed by atoms with E-state index in [2.05, 4.69) is 15.0 Å². The van der Waals surface area contributed by atoms with Crippen molar-refractivity contribution in [3.63, 3.8) is 0 Å². The first-order valence-corrected chi connectivity index (χ1v) is 12.8. The summed E-state index contributed by atoms with van der Waals surface area (Å²) in [6.45, 7) is 3.63. The van der Waals surface area contributed by atoms with Crippen LogP contribution in [-0.4, -0.2) is 49.2 Å². The van der Waals surface area contributed by atoms with Gasteiger partial charge in [0.1, 0.15) is 34.9 Å². The Hall–Kier alpha value is -2.56. The molecule has 3 N–H and O–H groups in total. The number of anilines is 1. The number of hydrogen-bond donors (Lipinski definition) is 2. The molecule has 1 saturated heterocycles. The molecule has 0 unspecified atom stereocenters. The molecule has 0 spiro atoms. The van der Waals surface area contributed by atoms with Crippen LogP contribution < -0.4 is 5.73 Å². The van der Waals surface area contributed by atoms with Crippen molar-refractivity contribution >= 4 is 51.0 Å². The van der Waals surface area contributed by atoms with Crippen molar-refractivity contribution in [1.82, 2.24) is 19.5 Å². The second-order valence-corrected chi connectivity index (χ2v) is 11.2. The largest absolute Gasteiger partial charge is 0.396 e. The van der Waals surface area contributed by atoms with E-state index in [0.29, 0.717) is 41.0 Å². The van der Waals surface area contributed by atoms with Gasteiger partial charge in [-0.25, -0.2) is 19.3 Å². The lowest BCUT2D eigenvalue weighted by atomic mass is 9.79. The Morgan fingerprint density at radius 3 is 2.78 bits per heavy atom. The maximum Gasteiger partial charge on any atom is 0.163 e. The third-order valence-corrected chi connectivity index (χ3v) is 8.30. The lowest BCUT2D eigenvalue weighted by Gasteiger charge is -2.34. The maximum atomic E-state index is 14.9. The summed E-state index contributed by atoms with van der Waals surface area (Å²) in [6, 6.07) is 6.52. The summed E-state index contributed by atoms with van der Waals surface area (Å²) < 4.78 is 29.7. The fourth-order valence-corrected chi connectivity index (χ4v) is 6.29. The van der Waals surface area contributed by atoms with Gasteiger partial charge in [0.05, 0.1) is 34.7 Å². The van der Waals surface area contributed by atoms with E-state index < -0.39 is 17.0 Å². The van der Waals surface area contributed by atoms with Crippen molar-refractivity contribution in [1.29, 1.82) is 0 Å². The molecule has 4 aromatic rings. The van der Waals surface area contributed by atoms with Crippen LogP contribution in [0.15, 0.2) is 36.8 Å². The molecule has 2 aliphatic rings. The molecule has 4 heterocycles. The minimum atomic E-state index is -0.820. The second kappa shape index (κ2) is 8.74. The molecule has 11 heteroatoms. The molecule has 6 rings (SSSR count). The van der Waals surface area contributed by atoms with Crippen LogP contribution in [-0.2, 0) is 15.9 Å². The summed E-state index contributed by atoms with van der Waals surface area (Å²) in [5, 5.41) is 12.4. The van der Waals surface area contributed by atoms with Gasteiger partial charge in [0.2, 0.25) is 0 Å². The zero-order valence-corrected chi connectivity index (χ0v) is 21.8. The third-order valence-electron chi connectivity index (χ3n) is 7.70. The fraction of sp³-hybridized carbons (Fsp3) is 0.423. The number of hydrogen-bond acceptors (Lipinski definition) is 7. The van der Waals surface area contributed by atoms with Crippen LogP contribution in [0.3, 0.4) is 0 Å². The van der Waals surface area contributed by atoms with E-state index in [1.165, 1.54) is 18.5 Å². The Labute approximate surface area is 222 Å². The normalized spacial score (nSPS) is 26.8. The van der Waals surface area contributed by atoms with Crippen LogP contribution in [0, 0.1) is 11.2 Å². The first-order valence-electron chi connectivity index (χ1n) is 12.1. The van der Waals surface area contributed by atoms with Crippen molar-refractivity contribution in [2.75, 3.05) is 12.3 Å². The highest BCUT2D eigenvalue weighted by Crippen LogP contribution is 2.55. The Morgan fingerprint density at radius 2 is 2.00 bits per heavy atom. The van der Waals surface area contributed by atoms with Gasteiger partial charge in [0, 0.05) is 17.0 Å². The third kappa shape index (κ3) is 4.04. The lowest BCUT2D eigenvalue weighted by Crippen LogP contribution is -2.39. The summed E-state index contributed by atoms with van der Waals surface area (Å²) in [7, 11) is 0. The molecule has 3 aromatic heterocycles. The molecule has 1 saturated carbocycles. The van der Waals surface area contributed by atoms with Gasteiger partial charge in [-0.2, -0.15) is 0 Å². The minimum Gasteiger partial charge on any atom is -0.396 e. The molecular weight excluding hydrogens is 520 g/mol. The molecule has 0 bridgehead atoms. The van der Waals surface area contributed by atoms with Gasteiger partial charge >= 0.3 is 0 Å². The van der Waals surface area contributed by atoms with Crippen molar-refractivity contribution in [3.05, 3.63) is 58.3 Å². The summed E-state index contributed by atoms with van der Waals surface area (Å²) in [5.74, 6) is -1.08. The minimum absolute atomic E-state index is 0.115. The van der Waals surface area contributed by atoms with Gasteiger partial charge in [-0.05, 0) is 62.9 Å². The van der Waals surface area contributed by atoms with Crippen molar-refractivity contribution in [3.8, 4) is 0 Å². The first kappa shape index (κ1) is 24.8. The fourth-order valence-electron chi connectivity index (χ4n) is 5.95.